The number of furan rings is 1. The number of methoxy groups -OCH3 is 1. The van der Waals surface area contributed by atoms with Crippen LogP contribution in [0.1, 0.15) is 12.7 Å². The summed E-state index contributed by atoms with van der Waals surface area (Å²) >= 11 is 0. The van der Waals surface area contributed by atoms with E-state index in [2.05, 4.69) is 5.32 Å². The quantitative estimate of drug-likeness (QED) is 0.799. The Kier molecular flexibility index (Phi) is 5.65. The molecular weight excluding hydrogens is 282 g/mol. The third-order valence-electron chi connectivity index (χ3n) is 2.90. The number of ether oxygens (including phenoxy) is 2. The van der Waals surface area contributed by atoms with Crippen molar-refractivity contribution in [3.63, 3.8) is 0 Å². The van der Waals surface area contributed by atoms with Crippen LogP contribution in [0, 0.1) is 0 Å². The van der Waals surface area contributed by atoms with Crippen LogP contribution in [-0.2, 0) is 4.79 Å². The van der Waals surface area contributed by atoms with Crippen LogP contribution in [0.4, 0.5) is 0 Å². The van der Waals surface area contributed by atoms with Gasteiger partial charge in [0.2, 0.25) is 5.91 Å². The number of amides is 1. The van der Waals surface area contributed by atoms with Crippen molar-refractivity contribution >= 4 is 12.0 Å². The summed E-state index contributed by atoms with van der Waals surface area (Å²) in [5, 5.41) is 2.77. The summed E-state index contributed by atoms with van der Waals surface area (Å²) in [6, 6.07) is 10.9. The Morgan fingerprint density at radius 3 is 2.73 bits per heavy atom. The Balaban J connectivity index is 1.80. The van der Waals surface area contributed by atoms with E-state index in [9.17, 15) is 4.79 Å². The number of carbonyl (C=O) groups is 1. The van der Waals surface area contributed by atoms with Crippen molar-refractivity contribution in [1.29, 1.82) is 0 Å². The molecule has 0 aliphatic rings. The van der Waals surface area contributed by atoms with Crippen LogP contribution < -0.4 is 14.8 Å². The molecule has 2 rings (SSSR count). The Labute approximate surface area is 129 Å². The second kappa shape index (κ2) is 7.93. The smallest absolute Gasteiger partial charge is 0.244 e. The minimum absolute atomic E-state index is 0.183. The average Bonchev–Trinajstić information content (AvgIpc) is 3.05. The van der Waals surface area contributed by atoms with Gasteiger partial charge in [0.25, 0.3) is 0 Å². The van der Waals surface area contributed by atoms with E-state index in [-0.39, 0.29) is 12.0 Å². The fourth-order valence-electron chi connectivity index (χ4n) is 1.82. The second-order valence-corrected chi connectivity index (χ2v) is 4.67. The second-order valence-electron chi connectivity index (χ2n) is 4.67. The number of nitrogens with one attached hydrogen (secondary N) is 1. The molecule has 1 heterocycles. The normalized spacial score (nSPS) is 12.1. The van der Waals surface area contributed by atoms with E-state index in [1.54, 1.807) is 31.6 Å². The molecule has 0 radical (unpaired) electrons. The number of benzene rings is 1. The summed E-state index contributed by atoms with van der Waals surface area (Å²) in [6.07, 6.45) is 4.41. The number of hydrogen-bond acceptors (Lipinski definition) is 4. The molecule has 0 aliphatic heterocycles. The highest BCUT2D eigenvalue weighted by Crippen LogP contribution is 2.26. The van der Waals surface area contributed by atoms with Crippen molar-refractivity contribution < 1.29 is 18.7 Å². The molecule has 1 aromatic heterocycles. The molecule has 0 unspecified atom stereocenters. The molecule has 0 aliphatic carbocycles. The Hall–Kier alpha value is -2.69. The van der Waals surface area contributed by atoms with Gasteiger partial charge in [0.05, 0.1) is 19.9 Å². The number of carbonyl (C=O) groups excluding carboxylic acids is 1. The van der Waals surface area contributed by atoms with Gasteiger partial charge in [0.15, 0.2) is 11.5 Å². The van der Waals surface area contributed by atoms with Gasteiger partial charge in [-0.2, -0.15) is 0 Å². The monoisotopic (exact) mass is 301 g/mol. The zero-order valence-electron chi connectivity index (χ0n) is 12.6. The zero-order valence-corrected chi connectivity index (χ0v) is 12.6. The first-order valence-electron chi connectivity index (χ1n) is 6.98. The standard InChI is InChI=1S/C17H19NO4/c1-13(22-16-8-4-3-7-15(16)20-2)12-18-17(19)10-9-14-6-5-11-21-14/h3-11,13H,12H2,1-2H3,(H,18,19)/b10-9+/t13-/m0/s1. The maximum Gasteiger partial charge on any atom is 0.244 e. The number of rotatable bonds is 7. The van der Waals surface area contributed by atoms with Crippen LogP contribution in [0.2, 0.25) is 0 Å². The molecule has 1 N–H and O–H groups in total. The topological polar surface area (TPSA) is 60.7 Å². The van der Waals surface area contributed by atoms with Crippen molar-refractivity contribution in [3.05, 3.63) is 54.5 Å². The van der Waals surface area contributed by atoms with Gasteiger partial charge in [0.1, 0.15) is 11.9 Å². The van der Waals surface area contributed by atoms with E-state index in [0.717, 1.165) is 0 Å². The van der Waals surface area contributed by atoms with E-state index >= 15 is 0 Å². The highest BCUT2D eigenvalue weighted by Gasteiger charge is 2.09. The molecule has 1 aromatic carbocycles. The zero-order chi connectivity index (χ0) is 15.8. The SMILES string of the molecule is COc1ccccc1O[C@@H](C)CNC(=O)/C=C/c1ccco1. The highest BCUT2D eigenvalue weighted by atomic mass is 16.5. The van der Waals surface area contributed by atoms with Gasteiger partial charge in [-0.25, -0.2) is 0 Å². The lowest BCUT2D eigenvalue weighted by Crippen LogP contribution is -2.32. The summed E-state index contributed by atoms with van der Waals surface area (Å²) < 4.78 is 16.1. The van der Waals surface area contributed by atoms with Crippen molar-refractivity contribution in [1.82, 2.24) is 5.32 Å². The summed E-state index contributed by atoms with van der Waals surface area (Å²) in [7, 11) is 1.59. The Morgan fingerprint density at radius 1 is 1.27 bits per heavy atom. The van der Waals surface area contributed by atoms with Crippen LogP contribution in [0.15, 0.2) is 53.2 Å². The molecule has 5 nitrogen and oxygen atoms in total. The predicted molar refractivity (Wildman–Crippen MR) is 83.8 cm³/mol. The van der Waals surface area contributed by atoms with Gasteiger partial charge in [0, 0.05) is 6.08 Å². The third kappa shape index (κ3) is 4.70. The first-order chi connectivity index (χ1) is 10.7. The molecule has 2 aromatic rings. The first kappa shape index (κ1) is 15.7. The van der Waals surface area contributed by atoms with Crippen LogP contribution >= 0.6 is 0 Å². The van der Waals surface area contributed by atoms with Crippen LogP contribution in [0.3, 0.4) is 0 Å². The largest absolute Gasteiger partial charge is 0.493 e. The fourth-order valence-corrected chi connectivity index (χ4v) is 1.82. The van der Waals surface area contributed by atoms with E-state index in [1.807, 2.05) is 31.2 Å². The van der Waals surface area contributed by atoms with E-state index in [1.165, 1.54) is 6.08 Å². The predicted octanol–water partition coefficient (Wildman–Crippen LogP) is 2.89. The molecule has 0 saturated carbocycles. The minimum atomic E-state index is -0.202. The lowest BCUT2D eigenvalue weighted by Gasteiger charge is -2.16. The number of hydrogen-bond donors (Lipinski definition) is 1. The minimum Gasteiger partial charge on any atom is -0.493 e. The molecule has 22 heavy (non-hydrogen) atoms. The number of para-hydroxylation sites is 2. The third-order valence-corrected chi connectivity index (χ3v) is 2.90. The molecule has 0 spiro atoms. The maximum absolute atomic E-state index is 11.7. The maximum atomic E-state index is 11.7. The van der Waals surface area contributed by atoms with Crippen molar-refractivity contribution in [2.24, 2.45) is 0 Å². The van der Waals surface area contributed by atoms with Crippen molar-refractivity contribution in [2.45, 2.75) is 13.0 Å². The molecule has 0 fully saturated rings. The van der Waals surface area contributed by atoms with Crippen LogP contribution in [0.25, 0.3) is 6.08 Å². The van der Waals surface area contributed by atoms with Gasteiger partial charge >= 0.3 is 0 Å². The first-order valence-corrected chi connectivity index (χ1v) is 6.98. The molecule has 0 bridgehead atoms. The summed E-state index contributed by atoms with van der Waals surface area (Å²) in [5.41, 5.74) is 0. The Morgan fingerprint density at radius 2 is 2.05 bits per heavy atom. The molecule has 1 amide bonds. The van der Waals surface area contributed by atoms with E-state index in [4.69, 9.17) is 13.9 Å². The fraction of sp³-hybridized carbons (Fsp3) is 0.235. The van der Waals surface area contributed by atoms with Gasteiger partial charge in [-0.1, -0.05) is 12.1 Å². The Bertz CT molecular complexity index is 619. The van der Waals surface area contributed by atoms with Crippen LogP contribution in [0.5, 0.6) is 11.5 Å². The summed E-state index contributed by atoms with van der Waals surface area (Å²) in [5.74, 6) is 1.75. The molecular formula is C17H19NO4. The van der Waals surface area contributed by atoms with Gasteiger partial charge in [-0.05, 0) is 37.3 Å². The lowest BCUT2D eigenvalue weighted by molar-refractivity contribution is -0.116. The molecule has 1 atom stereocenters. The molecule has 116 valence electrons. The highest BCUT2D eigenvalue weighted by molar-refractivity contribution is 5.91. The van der Waals surface area contributed by atoms with Crippen molar-refractivity contribution in [2.75, 3.05) is 13.7 Å². The summed E-state index contributed by atoms with van der Waals surface area (Å²) in [6.45, 7) is 2.27. The van der Waals surface area contributed by atoms with Crippen molar-refractivity contribution in [3.8, 4) is 11.5 Å². The summed E-state index contributed by atoms with van der Waals surface area (Å²) in [4.78, 5) is 11.7. The molecule has 0 saturated heterocycles. The average molecular weight is 301 g/mol. The van der Waals surface area contributed by atoms with Gasteiger partial charge in [-0.15, -0.1) is 0 Å². The van der Waals surface area contributed by atoms with Gasteiger partial charge in [-0.3, -0.25) is 4.79 Å². The van der Waals surface area contributed by atoms with Crippen LogP contribution in [-0.4, -0.2) is 25.7 Å². The lowest BCUT2D eigenvalue weighted by atomic mass is 10.3. The van der Waals surface area contributed by atoms with E-state index < -0.39 is 0 Å². The van der Waals surface area contributed by atoms with Gasteiger partial charge < -0.3 is 19.2 Å². The molecule has 5 heteroatoms. The van der Waals surface area contributed by atoms with E-state index in [0.29, 0.717) is 23.8 Å².